The average Bonchev–Trinajstić information content (AvgIpc) is 2.76. The minimum Gasteiger partial charge on any atom is -0.466 e. The third kappa shape index (κ3) is 10.2. The number of hydrogen-bond donors (Lipinski definition) is 3. The average molecular weight is 517 g/mol. The van der Waals surface area contributed by atoms with Crippen molar-refractivity contribution in [1.29, 1.82) is 0 Å². The Labute approximate surface area is 217 Å². The van der Waals surface area contributed by atoms with Gasteiger partial charge in [-0.25, -0.2) is 4.79 Å². The maximum Gasteiger partial charge on any atom is 0.408 e. The van der Waals surface area contributed by atoms with Crippen molar-refractivity contribution < 1.29 is 33.4 Å². The highest BCUT2D eigenvalue weighted by Gasteiger charge is 2.37. The number of amides is 4. The summed E-state index contributed by atoms with van der Waals surface area (Å²) in [5, 5.41) is 4.93. The summed E-state index contributed by atoms with van der Waals surface area (Å²) in [7, 11) is 0. The molecule has 0 aliphatic rings. The van der Waals surface area contributed by atoms with Crippen LogP contribution in [0.2, 0.25) is 0 Å². The minimum absolute atomic E-state index is 0.0630. The molecule has 0 spiro atoms. The van der Waals surface area contributed by atoms with Gasteiger partial charge in [0.25, 0.3) is 5.91 Å². The predicted molar refractivity (Wildman–Crippen MR) is 136 cm³/mol. The molecule has 0 saturated carbocycles. The number of hydrogen-bond acceptors (Lipinski definition) is 7. The maximum absolute atomic E-state index is 13.5. The number of nitrogens with two attached hydrogens (primary N) is 1. The number of terminal acetylenes is 1. The summed E-state index contributed by atoms with van der Waals surface area (Å²) in [4.78, 5) is 63.5. The number of aryl methyl sites for hydroxylation is 2. The summed E-state index contributed by atoms with van der Waals surface area (Å²) in [6, 6.07) is 4.67. The van der Waals surface area contributed by atoms with E-state index >= 15 is 0 Å². The fourth-order valence-corrected chi connectivity index (χ4v) is 3.35. The number of nitrogens with one attached hydrogen (secondary N) is 2. The van der Waals surface area contributed by atoms with Crippen LogP contribution in [0.25, 0.3) is 0 Å². The molecule has 4 N–H and O–H groups in total. The second-order valence-corrected chi connectivity index (χ2v) is 9.32. The second-order valence-electron chi connectivity index (χ2n) is 9.32. The van der Waals surface area contributed by atoms with Crippen LogP contribution in [0.4, 0.5) is 4.79 Å². The van der Waals surface area contributed by atoms with E-state index in [2.05, 4.69) is 16.7 Å². The van der Waals surface area contributed by atoms with Crippen molar-refractivity contribution in [3.63, 3.8) is 0 Å². The van der Waals surface area contributed by atoms with Gasteiger partial charge in [0.1, 0.15) is 17.7 Å². The summed E-state index contributed by atoms with van der Waals surface area (Å²) < 4.78 is 10.1. The van der Waals surface area contributed by atoms with E-state index in [0.717, 1.165) is 10.5 Å². The Bertz CT molecular complexity index is 1060. The van der Waals surface area contributed by atoms with Gasteiger partial charge in [0.15, 0.2) is 0 Å². The number of esters is 1. The van der Waals surface area contributed by atoms with Gasteiger partial charge in [0, 0.05) is 12.6 Å². The van der Waals surface area contributed by atoms with Gasteiger partial charge in [0.05, 0.1) is 19.4 Å². The number of carbonyl (C=O) groups is 5. The highest BCUT2D eigenvalue weighted by Crippen LogP contribution is 2.26. The van der Waals surface area contributed by atoms with Gasteiger partial charge in [-0.1, -0.05) is 30.2 Å². The van der Waals surface area contributed by atoms with Crippen LogP contribution in [0.5, 0.6) is 0 Å². The lowest BCUT2D eigenvalue weighted by atomic mass is 9.96. The van der Waals surface area contributed by atoms with E-state index < -0.39 is 53.9 Å². The van der Waals surface area contributed by atoms with Crippen LogP contribution in [0.3, 0.4) is 0 Å². The number of benzene rings is 1. The molecule has 37 heavy (non-hydrogen) atoms. The highest BCUT2D eigenvalue weighted by molar-refractivity contribution is 5.95. The quantitative estimate of drug-likeness (QED) is 0.229. The number of rotatable bonds is 11. The highest BCUT2D eigenvalue weighted by atomic mass is 16.6. The summed E-state index contributed by atoms with van der Waals surface area (Å²) in [5.74, 6) is -2.97. The molecule has 1 aromatic rings. The smallest absolute Gasteiger partial charge is 0.408 e. The summed E-state index contributed by atoms with van der Waals surface area (Å²) in [6.07, 6.45) is 4.06. The van der Waals surface area contributed by atoms with E-state index in [-0.39, 0.29) is 19.6 Å². The molecule has 0 aliphatic heterocycles. The maximum atomic E-state index is 13.5. The number of primary amides is 1. The van der Waals surface area contributed by atoms with Crippen molar-refractivity contribution in [3.05, 3.63) is 34.9 Å². The molecule has 1 aromatic carbocycles. The second kappa shape index (κ2) is 13.9. The van der Waals surface area contributed by atoms with E-state index in [1.165, 1.54) is 0 Å². The third-order valence-electron chi connectivity index (χ3n) is 4.94. The zero-order chi connectivity index (χ0) is 28.3. The molecule has 0 aliphatic carbocycles. The van der Waals surface area contributed by atoms with Crippen molar-refractivity contribution in [2.45, 2.75) is 72.1 Å². The summed E-state index contributed by atoms with van der Waals surface area (Å²) in [5.41, 5.74) is 6.32. The van der Waals surface area contributed by atoms with Crippen LogP contribution in [0.15, 0.2) is 18.2 Å². The first-order valence-electron chi connectivity index (χ1n) is 11.8. The lowest BCUT2D eigenvalue weighted by Crippen LogP contribution is -2.52. The van der Waals surface area contributed by atoms with Gasteiger partial charge in [0.2, 0.25) is 11.8 Å². The van der Waals surface area contributed by atoms with Gasteiger partial charge in [-0.15, -0.1) is 0 Å². The van der Waals surface area contributed by atoms with E-state index in [4.69, 9.17) is 21.6 Å². The van der Waals surface area contributed by atoms with E-state index in [1.54, 1.807) is 53.7 Å². The first-order chi connectivity index (χ1) is 17.2. The molecule has 0 heterocycles. The zero-order valence-electron chi connectivity index (χ0n) is 22.2. The molecule has 11 heteroatoms. The van der Waals surface area contributed by atoms with Crippen LogP contribution >= 0.6 is 0 Å². The first-order valence-corrected chi connectivity index (χ1v) is 11.8. The molecule has 202 valence electrons. The summed E-state index contributed by atoms with van der Waals surface area (Å²) in [6.45, 7) is 10.2. The van der Waals surface area contributed by atoms with E-state index in [0.29, 0.717) is 11.1 Å². The molecule has 11 nitrogen and oxygen atoms in total. The van der Waals surface area contributed by atoms with E-state index in [1.807, 2.05) is 6.07 Å². The fraction of sp³-hybridized carbons (Fsp3) is 0.500. The van der Waals surface area contributed by atoms with Gasteiger partial charge in [-0.2, -0.15) is 0 Å². The molecule has 0 radical (unpaired) electrons. The van der Waals surface area contributed by atoms with Gasteiger partial charge in [-0.05, 0) is 52.7 Å². The Hall–Kier alpha value is -4.07. The van der Waals surface area contributed by atoms with E-state index in [9.17, 15) is 24.0 Å². The topological polar surface area (TPSA) is 157 Å². The molecule has 2 unspecified atom stereocenters. The molecule has 1 rings (SSSR count). The van der Waals surface area contributed by atoms with Gasteiger partial charge >= 0.3 is 12.1 Å². The zero-order valence-corrected chi connectivity index (χ0v) is 22.2. The minimum atomic E-state index is -1.50. The van der Waals surface area contributed by atoms with Crippen LogP contribution in [-0.4, -0.2) is 59.5 Å². The molecule has 4 amide bonds. The van der Waals surface area contributed by atoms with Crippen LogP contribution in [0.1, 0.15) is 63.3 Å². The van der Waals surface area contributed by atoms with Crippen molar-refractivity contribution in [2.75, 3.05) is 13.2 Å². The van der Waals surface area contributed by atoms with Crippen molar-refractivity contribution >= 4 is 29.8 Å². The number of nitrogens with zero attached hydrogens (tertiary/aromatic N) is 1. The third-order valence-corrected chi connectivity index (χ3v) is 4.94. The Morgan fingerprint density at radius 3 is 2.35 bits per heavy atom. The van der Waals surface area contributed by atoms with Crippen LogP contribution in [-0.2, 0) is 28.7 Å². The standard InChI is InChI=1S/C26H36N4O7/c1-8-30(24(34)19(15-20(27)31)29-25(35)37-26(5,6)7)22(18-14-16(3)10-11-17(18)4)23(33)28-13-12-21(32)36-9-2/h1,10-11,14,19,22H,9,12-13,15H2,2-7H3,(H2,27,31)(H,28,33)(H,29,35). The normalized spacial score (nSPS) is 12.4. The Kier molecular flexibility index (Phi) is 11.6. The summed E-state index contributed by atoms with van der Waals surface area (Å²) >= 11 is 0. The Morgan fingerprint density at radius 2 is 1.81 bits per heavy atom. The SMILES string of the molecule is C#CN(C(=O)C(CC(N)=O)NC(=O)OC(C)(C)C)C(C(=O)NCCC(=O)OCC)c1cc(C)ccc1C. The lowest BCUT2D eigenvalue weighted by Gasteiger charge is -2.31. The van der Waals surface area contributed by atoms with Gasteiger partial charge in [-0.3, -0.25) is 24.1 Å². The fourth-order valence-electron chi connectivity index (χ4n) is 3.35. The number of alkyl carbamates (subject to hydrolysis) is 1. The number of carbonyl (C=O) groups excluding carboxylic acids is 5. The molecule has 0 bridgehead atoms. The molecular weight excluding hydrogens is 480 g/mol. The largest absolute Gasteiger partial charge is 0.466 e. The lowest BCUT2D eigenvalue weighted by molar-refractivity contribution is -0.143. The Morgan fingerprint density at radius 1 is 1.16 bits per heavy atom. The predicted octanol–water partition coefficient (Wildman–Crippen LogP) is 1.60. The number of ether oxygens (including phenoxy) is 2. The van der Waals surface area contributed by atoms with Crippen molar-refractivity contribution in [1.82, 2.24) is 15.5 Å². The molecular formula is C26H36N4O7. The van der Waals surface area contributed by atoms with Gasteiger partial charge < -0.3 is 25.8 Å². The molecule has 0 aromatic heterocycles. The van der Waals surface area contributed by atoms with Crippen LogP contribution in [0, 0.1) is 26.3 Å². The molecule has 2 atom stereocenters. The first kappa shape index (κ1) is 31.0. The molecule has 0 saturated heterocycles. The van der Waals surface area contributed by atoms with Crippen LogP contribution < -0.4 is 16.4 Å². The monoisotopic (exact) mass is 516 g/mol. The molecule has 0 fully saturated rings. The van der Waals surface area contributed by atoms with Crippen molar-refractivity contribution in [2.24, 2.45) is 5.73 Å². The van der Waals surface area contributed by atoms with Crippen molar-refractivity contribution in [3.8, 4) is 12.5 Å². The Balaban J connectivity index is 3.39.